The third-order valence-corrected chi connectivity index (χ3v) is 6.05. The molecule has 1 saturated heterocycles. The molecule has 3 amide bonds. The van der Waals surface area contributed by atoms with Crippen molar-refractivity contribution >= 4 is 34.6 Å². The number of nitrogens with zero attached hydrogens (tertiary/aromatic N) is 2. The number of nitrogens with one attached hydrogen (secondary N) is 2. The van der Waals surface area contributed by atoms with E-state index in [1.807, 2.05) is 0 Å². The van der Waals surface area contributed by atoms with E-state index in [4.69, 9.17) is 4.74 Å². The van der Waals surface area contributed by atoms with Gasteiger partial charge in [0.1, 0.15) is 24.1 Å². The Balaban J connectivity index is 1.29. The first-order valence-electron chi connectivity index (χ1n) is 11.4. The van der Waals surface area contributed by atoms with Crippen LogP contribution in [0.3, 0.4) is 0 Å². The summed E-state index contributed by atoms with van der Waals surface area (Å²) in [4.78, 5) is 49.1. The van der Waals surface area contributed by atoms with Crippen LogP contribution in [0.4, 0.5) is 13.2 Å². The lowest BCUT2D eigenvalue weighted by Crippen LogP contribution is -2.45. The molecule has 2 aromatic carbocycles. The first kappa shape index (κ1) is 25.0. The molecule has 0 spiro atoms. The molecule has 3 aromatic rings. The molecular weight excluding hydrogens is 509 g/mol. The van der Waals surface area contributed by atoms with E-state index in [2.05, 4.69) is 20.5 Å². The van der Waals surface area contributed by atoms with E-state index in [1.165, 1.54) is 18.3 Å². The smallest absolute Gasteiger partial charge is 0.488 e. The van der Waals surface area contributed by atoms with E-state index in [0.717, 1.165) is 16.8 Å². The van der Waals surface area contributed by atoms with E-state index >= 15 is 0 Å². The van der Waals surface area contributed by atoms with Gasteiger partial charge in [0, 0.05) is 23.9 Å². The number of carbonyl (C=O) groups is 3. The number of imide groups is 1. The van der Waals surface area contributed by atoms with Crippen molar-refractivity contribution < 1.29 is 37.0 Å². The molecule has 0 bridgehead atoms. The van der Waals surface area contributed by atoms with Crippen LogP contribution >= 0.6 is 0 Å². The first-order valence-corrected chi connectivity index (χ1v) is 11.4. The monoisotopic (exact) mass is 528 g/mol. The van der Waals surface area contributed by atoms with Gasteiger partial charge >= 0.3 is 6.36 Å². The highest BCUT2D eigenvalue weighted by Crippen LogP contribution is 2.32. The van der Waals surface area contributed by atoms with Crippen molar-refractivity contribution in [3.8, 4) is 11.5 Å². The molecule has 1 atom stereocenters. The Bertz CT molecular complexity index is 1560. The Labute approximate surface area is 212 Å². The van der Waals surface area contributed by atoms with E-state index < -0.39 is 41.4 Å². The predicted molar refractivity (Wildman–Crippen MR) is 126 cm³/mol. The van der Waals surface area contributed by atoms with Crippen LogP contribution in [-0.2, 0) is 20.9 Å². The Morgan fingerprint density at radius 3 is 2.76 bits per heavy atom. The third-order valence-electron chi connectivity index (χ3n) is 6.05. The minimum absolute atomic E-state index is 0.0696. The number of ether oxygens (including phenoxy) is 2. The molecule has 1 aromatic heterocycles. The highest BCUT2D eigenvalue weighted by atomic mass is 19.4. The second-order valence-corrected chi connectivity index (χ2v) is 8.67. The van der Waals surface area contributed by atoms with Gasteiger partial charge in [-0.1, -0.05) is 6.07 Å². The van der Waals surface area contributed by atoms with Crippen LogP contribution in [0.5, 0.6) is 11.5 Å². The fourth-order valence-electron chi connectivity index (χ4n) is 4.24. The number of piperidine rings is 1. The highest BCUT2D eigenvalue weighted by molar-refractivity contribution is 6.00. The van der Waals surface area contributed by atoms with Gasteiger partial charge in [-0.15, -0.1) is 13.2 Å². The number of aromatic nitrogens is 2. The normalized spacial score (nSPS) is 17.2. The van der Waals surface area contributed by atoms with Gasteiger partial charge in [-0.05, 0) is 48.4 Å². The molecule has 1 unspecified atom stereocenters. The largest absolute Gasteiger partial charge is 0.573 e. The van der Waals surface area contributed by atoms with Crippen LogP contribution in [0.25, 0.3) is 16.8 Å². The van der Waals surface area contributed by atoms with Crippen molar-refractivity contribution in [1.29, 1.82) is 0 Å². The molecule has 0 aliphatic carbocycles. The van der Waals surface area contributed by atoms with Gasteiger partial charge in [0.15, 0.2) is 0 Å². The molecule has 1 fully saturated rings. The number of hydrogen-bond acceptors (Lipinski definition) is 7. The van der Waals surface area contributed by atoms with Crippen molar-refractivity contribution in [2.75, 3.05) is 6.61 Å². The van der Waals surface area contributed by atoms with Crippen molar-refractivity contribution in [1.82, 2.24) is 20.4 Å². The summed E-state index contributed by atoms with van der Waals surface area (Å²) in [5.74, 6) is -1.57. The second-order valence-electron chi connectivity index (χ2n) is 8.67. The van der Waals surface area contributed by atoms with Crippen LogP contribution in [0.15, 0.2) is 53.0 Å². The van der Waals surface area contributed by atoms with Gasteiger partial charge in [0.2, 0.25) is 5.91 Å². The summed E-state index contributed by atoms with van der Waals surface area (Å²) in [6, 6.07) is 7.58. The molecule has 5 rings (SSSR count). The van der Waals surface area contributed by atoms with Gasteiger partial charge in [-0.3, -0.25) is 24.5 Å². The van der Waals surface area contributed by atoms with Crippen molar-refractivity contribution in [3.05, 3.63) is 69.6 Å². The number of halogens is 3. The quantitative estimate of drug-likeness (QED) is 0.487. The predicted octanol–water partition coefficient (Wildman–Crippen LogP) is 2.36. The third kappa shape index (κ3) is 5.21. The summed E-state index contributed by atoms with van der Waals surface area (Å²) in [6.45, 7) is 0.0201. The van der Waals surface area contributed by atoms with Gasteiger partial charge in [-0.25, -0.2) is 4.68 Å². The summed E-state index contributed by atoms with van der Waals surface area (Å²) in [5.41, 5.74) is 0.650. The maximum atomic E-state index is 12.9. The lowest BCUT2D eigenvalue weighted by atomic mass is 10.1. The van der Waals surface area contributed by atoms with Gasteiger partial charge in [0.05, 0.1) is 17.2 Å². The summed E-state index contributed by atoms with van der Waals surface area (Å²) >= 11 is 0. The standard InChI is InChI=1S/C25H19F3N4O6/c26-25(27,28)38-17-2-5-20-14(9-17)8-16(12-37-20)22(34)29-10-13-1-3-18-15(7-13)11-30-32(24(18)36)19-4-6-21(33)31-23(19)35/h1-3,5,7-9,11,19H,4,6,10,12H2,(H,29,34)(H,31,33,35). The fourth-order valence-corrected chi connectivity index (χ4v) is 4.24. The summed E-state index contributed by atoms with van der Waals surface area (Å²) in [6.07, 6.45) is -1.70. The van der Waals surface area contributed by atoms with Crippen molar-refractivity contribution in [2.45, 2.75) is 31.8 Å². The molecule has 10 nitrogen and oxygen atoms in total. The maximum absolute atomic E-state index is 12.9. The van der Waals surface area contributed by atoms with E-state index in [-0.39, 0.29) is 37.1 Å². The highest BCUT2D eigenvalue weighted by Gasteiger charge is 2.32. The number of alkyl halides is 3. The molecule has 196 valence electrons. The average molecular weight is 528 g/mol. The topological polar surface area (TPSA) is 129 Å². The molecule has 13 heteroatoms. The Kier molecular flexibility index (Phi) is 6.35. The molecule has 38 heavy (non-hydrogen) atoms. The zero-order chi connectivity index (χ0) is 27.0. The SMILES string of the molecule is O=C1CCC(n2ncc3cc(CNC(=O)C4=Cc5cc(OC(F)(F)F)ccc5OC4)ccc3c2=O)C(=O)N1. The van der Waals surface area contributed by atoms with Gasteiger partial charge in [0.25, 0.3) is 17.4 Å². The van der Waals surface area contributed by atoms with E-state index in [0.29, 0.717) is 22.1 Å². The number of fused-ring (bicyclic) bond motifs is 2. The number of benzene rings is 2. The van der Waals surface area contributed by atoms with Crippen molar-refractivity contribution in [3.63, 3.8) is 0 Å². The number of rotatable bonds is 5. The molecule has 0 saturated carbocycles. The minimum Gasteiger partial charge on any atom is -0.488 e. The summed E-state index contributed by atoms with van der Waals surface area (Å²) < 4.78 is 48.0. The molecular formula is C25H19F3N4O6. The van der Waals surface area contributed by atoms with E-state index in [9.17, 15) is 32.3 Å². The van der Waals surface area contributed by atoms with Crippen LogP contribution in [0.2, 0.25) is 0 Å². The first-order chi connectivity index (χ1) is 18.1. The zero-order valence-corrected chi connectivity index (χ0v) is 19.5. The minimum atomic E-state index is -4.85. The number of hydrogen-bond donors (Lipinski definition) is 2. The zero-order valence-electron chi connectivity index (χ0n) is 19.5. The molecule has 2 aliphatic rings. The molecule has 3 heterocycles. The molecule has 2 N–H and O–H groups in total. The Hall–Kier alpha value is -4.68. The van der Waals surface area contributed by atoms with Gasteiger partial charge < -0.3 is 14.8 Å². The number of carbonyl (C=O) groups excluding carboxylic acids is 3. The summed E-state index contributed by atoms with van der Waals surface area (Å²) in [5, 5.41) is 9.84. The summed E-state index contributed by atoms with van der Waals surface area (Å²) in [7, 11) is 0. The van der Waals surface area contributed by atoms with Crippen molar-refractivity contribution in [2.24, 2.45) is 0 Å². The Morgan fingerprint density at radius 2 is 2.00 bits per heavy atom. The second kappa shape index (κ2) is 9.65. The van der Waals surface area contributed by atoms with Crippen LogP contribution in [0.1, 0.15) is 30.0 Å². The number of amides is 3. The van der Waals surface area contributed by atoms with Crippen LogP contribution < -0.4 is 25.7 Å². The maximum Gasteiger partial charge on any atom is 0.573 e. The lowest BCUT2D eigenvalue weighted by Gasteiger charge is -2.21. The van der Waals surface area contributed by atoms with Gasteiger partial charge in [-0.2, -0.15) is 5.10 Å². The Morgan fingerprint density at radius 1 is 1.18 bits per heavy atom. The van der Waals surface area contributed by atoms with Crippen LogP contribution in [-0.4, -0.2) is 40.5 Å². The fraction of sp³-hybridized carbons (Fsp3) is 0.240. The van der Waals surface area contributed by atoms with E-state index in [1.54, 1.807) is 18.2 Å². The molecule has 0 radical (unpaired) electrons. The van der Waals surface area contributed by atoms with Crippen LogP contribution in [0, 0.1) is 0 Å². The average Bonchev–Trinajstić information content (AvgIpc) is 2.86. The molecule has 2 aliphatic heterocycles. The lowest BCUT2D eigenvalue weighted by molar-refractivity contribution is -0.274.